The molecule has 0 bridgehead atoms. The van der Waals surface area contributed by atoms with Crippen LogP contribution in [-0.2, 0) is 11.3 Å². The van der Waals surface area contributed by atoms with Crippen molar-refractivity contribution in [2.45, 2.75) is 13.5 Å². The molecular formula is C18H19N5O3S2. The van der Waals surface area contributed by atoms with Gasteiger partial charge in [-0.25, -0.2) is 4.98 Å². The fourth-order valence-corrected chi connectivity index (χ4v) is 3.61. The zero-order chi connectivity index (χ0) is 20.1. The number of hydrogen-bond donors (Lipinski definition) is 2. The van der Waals surface area contributed by atoms with E-state index in [0.29, 0.717) is 28.0 Å². The van der Waals surface area contributed by atoms with Crippen molar-refractivity contribution in [1.29, 1.82) is 0 Å². The number of aromatic nitrogens is 4. The normalized spacial score (nSPS) is 10.5. The smallest absolute Gasteiger partial charge is 0.264 e. The van der Waals surface area contributed by atoms with Crippen LogP contribution >= 0.6 is 23.6 Å². The van der Waals surface area contributed by atoms with E-state index < -0.39 is 0 Å². The topological polar surface area (TPSA) is 94.1 Å². The fraction of sp³-hybridized carbons (Fsp3) is 0.222. The Morgan fingerprint density at radius 2 is 2.11 bits per heavy atom. The number of allylic oxidation sites excluding steroid dienone is 1. The van der Waals surface area contributed by atoms with Gasteiger partial charge in [0.2, 0.25) is 0 Å². The Bertz CT molecular complexity index is 1040. The fourth-order valence-electron chi connectivity index (χ4n) is 2.42. The van der Waals surface area contributed by atoms with Crippen LogP contribution in [0.5, 0.6) is 11.5 Å². The second kappa shape index (κ2) is 8.81. The van der Waals surface area contributed by atoms with Crippen LogP contribution in [0.25, 0.3) is 10.7 Å². The molecule has 3 rings (SSSR count). The number of H-pyrrole nitrogens is 1. The number of benzene rings is 1. The average Bonchev–Trinajstić information content (AvgIpc) is 3.23. The third-order valence-electron chi connectivity index (χ3n) is 3.75. The highest BCUT2D eigenvalue weighted by atomic mass is 32.1. The number of aryl methyl sites for hydroxylation is 1. The predicted molar refractivity (Wildman–Crippen MR) is 111 cm³/mol. The molecule has 2 aromatic heterocycles. The Morgan fingerprint density at radius 3 is 2.79 bits per heavy atom. The number of carbonyl (C=O) groups is 1. The third-order valence-corrected chi connectivity index (χ3v) is 5.13. The number of aromatic amines is 1. The van der Waals surface area contributed by atoms with Gasteiger partial charge in [0.15, 0.2) is 22.3 Å². The number of nitrogens with zero attached hydrogens (tertiary/aromatic N) is 3. The van der Waals surface area contributed by atoms with Crippen molar-refractivity contribution in [3.05, 3.63) is 47.4 Å². The van der Waals surface area contributed by atoms with E-state index in [1.165, 1.54) is 11.3 Å². The highest BCUT2D eigenvalue weighted by molar-refractivity contribution is 7.71. The highest BCUT2D eigenvalue weighted by Gasteiger charge is 2.17. The standard InChI is InChI=1S/C18H19N5O3S2/c1-4-9-23-16(21-22-18(23)27)15-11(2)19-17(28-15)20-14(24)10-26-13-7-5-12(25-3)6-8-13/h4-8H,1,9-10H2,2-3H3,(H,22,27)(H,19,20,24). The number of nitrogens with one attached hydrogen (secondary N) is 2. The zero-order valence-electron chi connectivity index (χ0n) is 15.4. The molecular weight excluding hydrogens is 398 g/mol. The Kier molecular flexibility index (Phi) is 6.22. The van der Waals surface area contributed by atoms with Gasteiger partial charge in [0.1, 0.15) is 11.5 Å². The van der Waals surface area contributed by atoms with E-state index in [1.807, 2.05) is 11.5 Å². The maximum atomic E-state index is 12.2. The summed E-state index contributed by atoms with van der Waals surface area (Å²) in [5.41, 5.74) is 0.746. The van der Waals surface area contributed by atoms with Crippen LogP contribution in [0.1, 0.15) is 5.69 Å². The van der Waals surface area contributed by atoms with Gasteiger partial charge in [-0.2, -0.15) is 5.10 Å². The summed E-state index contributed by atoms with van der Waals surface area (Å²) < 4.78 is 12.9. The van der Waals surface area contributed by atoms with E-state index in [4.69, 9.17) is 21.7 Å². The summed E-state index contributed by atoms with van der Waals surface area (Å²) >= 11 is 6.56. The molecule has 1 amide bonds. The van der Waals surface area contributed by atoms with E-state index in [2.05, 4.69) is 27.1 Å². The highest BCUT2D eigenvalue weighted by Crippen LogP contribution is 2.31. The molecule has 0 aliphatic heterocycles. The number of hydrogen-bond acceptors (Lipinski definition) is 7. The monoisotopic (exact) mass is 417 g/mol. The molecule has 2 heterocycles. The first-order chi connectivity index (χ1) is 13.5. The minimum Gasteiger partial charge on any atom is -0.497 e. The van der Waals surface area contributed by atoms with Gasteiger partial charge in [0, 0.05) is 6.54 Å². The zero-order valence-corrected chi connectivity index (χ0v) is 17.0. The molecule has 3 aromatic rings. The molecule has 0 saturated heterocycles. The van der Waals surface area contributed by atoms with Crippen LogP contribution < -0.4 is 14.8 Å². The van der Waals surface area contributed by atoms with Gasteiger partial charge in [-0.1, -0.05) is 17.4 Å². The number of anilines is 1. The lowest BCUT2D eigenvalue weighted by Gasteiger charge is -2.06. The molecule has 2 N–H and O–H groups in total. The van der Waals surface area contributed by atoms with E-state index in [1.54, 1.807) is 37.5 Å². The van der Waals surface area contributed by atoms with Crippen molar-refractivity contribution < 1.29 is 14.3 Å². The molecule has 0 saturated carbocycles. The van der Waals surface area contributed by atoms with Gasteiger partial charge >= 0.3 is 0 Å². The van der Waals surface area contributed by atoms with Gasteiger partial charge in [-0.15, -0.1) is 6.58 Å². The molecule has 0 atom stereocenters. The first kappa shape index (κ1) is 19.8. The summed E-state index contributed by atoms with van der Waals surface area (Å²) in [7, 11) is 1.59. The molecule has 28 heavy (non-hydrogen) atoms. The second-order valence-electron chi connectivity index (χ2n) is 5.70. The largest absolute Gasteiger partial charge is 0.497 e. The minimum absolute atomic E-state index is 0.129. The van der Waals surface area contributed by atoms with Gasteiger partial charge in [0.05, 0.1) is 17.7 Å². The molecule has 0 radical (unpaired) electrons. The lowest BCUT2D eigenvalue weighted by molar-refractivity contribution is -0.118. The molecule has 8 nitrogen and oxygen atoms in total. The second-order valence-corrected chi connectivity index (χ2v) is 7.08. The van der Waals surface area contributed by atoms with E-state index in [-0.39, 0.29) is 12.5 Å². The van der Waals surface area contributed by atoms with Gasteiger partial charge in [-0.05, 0) is 43.4 Å². The first-order valence-corrected chi connectivity index (χ1v) is 9.55. The van der Waals surface area contributed by atoms with Crippen molar-refractivity contribution >= 4 is 34.6 Å². The molecule has 0 spiro atoms. The summed E-state index contributed by atoms with van der Waals surface area (Å²) in [5.74, 6) is 1.65. The van der Waals surface area contributed by atoms with Crippen LogP contribution in [0.2, 0.25) is 0 Å². The van der Waals surface area contributed by atoms with Crippen molar-refractivity contribution in [3.63, 3.8) is 0 Å². The number of methoxy groups -OCH3 is 1. The Balaban J connectivity index is 1.66. The maximum Gasteiger partial charge on any atom is 0.264 e. The predicted octanol–water partition coefficient (Wildman–Crippen LogP) is 3.58. The summed E-state index contributed by atoms with van der Waals surface area (Å²) in [4.78, 5) is 17.4. The summed E-state index contributed by atoms with van der Waals surface area (Å²) in [5, 5.41) is 10.3. The van der Waals surface area contributed by atoms with E-state index >= 15 is 0 Å². The summed E-state index contributed by atoms with van der Waals surface area (Å²) in [6, 6.07) is 7.00. The van der Waals surface area contributed by atoms with Gasteiger partial charge in [-0.3, -0.25) is 19.8 Å². The number of thiazole rings is 1. The van der Waals surface area contributed by atoms with Crippen molar-refractivity contribution in [3.8, 4) is 22.2 Å². The number of amides is 1. The molecule has 0 aliphatic rings. The molecule has 0 aliphatic carbocycles. The van der Waals surface area contributed by atoms with Crippen LogP contribution in [-0.4, -0.2) is 39.4 Å². The average molecular weight is 418 g/mol. The first-order valence-electron chi connectivity index (χ1n) is 8.32. The van der Waals surface area contributed by atoms with Crippen LogP contribution in [0, 0.1) is 11.7 Å². The van der Waals surface area contributed by atoms with E-state index in [0.717, 1.165) is 16.3 Å². The quantitative estimate of drug-likeness (QED) is 0.430. The van der Waals surface area contributed by atoms with Crippen LogP contribution in [0.3, 0.4) is 0 Å². The Morgan fingerprint density at radius 1 is 1.39 bits per heavy atom. The molecule has 0 unspecified atom stereocenters. The third kappa shape index (κ3) is 4.46. The minimum atomic E-state index is -0.305. The summed E-state index contributed by atoms with van der Waals surface area (Å²) in [6.07, 6.45) is 1.74. The van der Waals surface area contributed by atoms with Crippen molar-refractivity contribution in [2.24, 2.45) is 0 Å². The van der Waals surface area contributed by atoms with Crippen molar-refractivity contribution in [1.82, 2.24) is 19.7 Å². The maximum absolute atomic E-state index is 12.2. The number of rotatable bonds is 8. The Labute approximate surface area is 170 Å². The number of ether oxygens (including phenoxy) is 2. The number of carbonyl (C=O) groups excluding carboxylic acids is 1. The van der Waals surface area contributed by atoms with Crippen LogP contribution in [0.15, 0.2) is 36.9 Å². The molecule has 146 valence electrons. The van der Waals surface area contributed by atoms with Crippen LogP contribution in [0.4, 0.5) is 5.13 Å². The van der Waals surface area contributed by atoms with Gasteiger partial charge < -0.3 is 9.47 Å². The lowest BCUT2D eigenvalue weighted by atomic mass is 10.3. The molecule has 1 aromatic carbocycles. The van der Waals surface area contributed by atoms with Gasteiger partial charge in [0.25, 0.3) is 5.91 Å². The van der Waals surface area contributed by atoms with E-state index in [9.17, 15) is 4.79 Å². The molecule has 0 fully saturated rings. The van der Waals surface area contributed by atoms with Crippen molar-refractivity contribution in [2.75, 3.05) is 19.0 Å². The SMILES string of the molecule is C=CCn1c(-c2sc(NC(=O)COc3ccc(OC)cc3)nc2C)n[nH]c1=S. The molecule has 10 heteroatoms. The Hall–Kier alpha value is -2.98. The summed E-state index contributed by atoms with van der Waals surface area (Å²) in [6.45, 7) is 5.98. The lowest BCUT2D eigenvalue weighted by Crippen LogP contribution is -2.20.